The fourth-order valence-corrected chi connectivity index (χ4v) is 2.20. The van der Waals surface area contributed by atoms with Gasteiger partial charge in [-0.25, -0.2) is 8.42 Å². The Bertz CT molecular complexity index is 398. The maximum atomic E-state index is 11.4. The van der Waals surface area contributed by atoms with Crippen LogP contribution in [0.3, 0.4) is 0 Å². The lowest BCUT2D eigenvalue weighted by Gasteiger charge is -2.26. The van der Waals surface area contributed by atoms with Gasteiger partial charge in [-0.15, -0.1) is 0 Å². The lowest BCUT2D eigenvalue weighted by Crippen LogP contribution is -2.44. The van der Waals surface area contributed by atoms with Gasteiger partial charge in [-0.3, -0.25) is 9.59 Å². The average molecular weight is 279 g/mol. The monoisotopic (exact) mass is 279 g/mol. The number of carboxylic acids is 1. The van der Waals surface area contributed by atoms with Crippen LogP contribution in [-0.2, 0) is 19.4 Å². The van der Waals surface area contributed by atoms with E-state index in [4.69, 9.17) is 5.11 Å². The van der Waals surface area contributed by atoms with Gasteiger partial charge >= 0.3 is 5.97 Å². The van der Waals surface area contributed by atoms with Crippen LogP contribution in [0.25, 0.3) is 0 Å². The molecule has 0 radical (unpaired) electrons. The van der Waals surface area contributed by atoms with Crippen molar-refractivity contribution in [3.05, 3.63) is 0 Å². The quantitative estimate of drug-likeness (QED) is 0.671. The van der Waals surface area contributed by atoms with Gasteiger partial charge in [0.15, 0.2) is 9.84 Å². The summed E-state index contributed by atoms with van der Waals surface area (Å²) in [5.74, 6) is -2.32. The number of carboxylic acid groups (broad SMARTS) is 1. The van der Waals surface area contributed by atoms with E-state index in [0.29, 0.717) is 12.8 Å². The van der Waals surface area contributed by atoms with Crippen LogP contribution >= 0.6 is 0 Å². The van der Waals surface area contributed by atoms with Crippen LogP contribution in [0, 0.1) is 5.41 Å². The standard InChI is InChI=1S/C11H21NO5S/c1-4-11(5-2,10(14)15)8-12-9(13)7-18(16,17)6-3/h4-8H2,1-3H3,(H,12,13)(H,14,15). The molecule has 0 rings (SSSR count). The molecular formula is C11H21NO5S. The molecule has 0 fully saturated rings. The first-order chi connectivity index (χ1) is 8.23. The first-order valence-electron chi connectivity index (χ1n) is 5.93. The number of nitrogens with one attached hydrogen (secondary N) is 1. The van der Waals surface area contributed by atoms with Crippen molar-refractivity contribution in [1.82, 2.24) is 5.32 Å². The third-order valence-corrected chi connectivity index (χ3v) is 4.80. The fraction of sp³-hybridized carbons (Fsp3) is 0.818. The van der Waals surface area contributed by atoms with Crippen molar-refractivity contribution in [2.45, 2.75) is 33.6 Å². The van der Waals surface area contributed by atoms with E-state index in [1.807, 2.05) is 0 Å². The normalized spacial score (nSPS) is 12.2. The number of carbonyl (C=O) groups is 2. The molecule has 0 unspecified atom stereocenters. The van der Waals surface area contributed by atoms with Gasteiger partial charge in [0.2, 0.25) is 5.91 Å². The summed E-state index contributed by atoms with van der Waals surface area (Å²) in [5, 5.41) is 11.5. The SMILES string of the molecule is CCC(CC)(CNC(=O)CS(=O)(=O)CC)C(=O)O. The van der Waals surface area contributed by atoms with E-state index in [0.717, 1.165) is 0 Å². The second kappa shape index (κ2) is 6.72. The van der Waals surface area contributed by atoms with E-state index >= 15 is 0 Å². The largest absolute Gasteiger partial charge is 0.481 e. The zero-order valence-corrected chi connectivity index (χ0v) is 11.8. The second-order valence-electron chi connectivity index (χ2n) is 4.25. The van der Waals surface area contributed by atoms with Crippen LogP contribution < -0.4 is 5.32 Å². The molecule has 0 aromatic heterocycles. The predicted molar refractivity (Wildman–Crippen MR) is 68.0 cm³/mol. The molecule has 1 amide bonds. The second-order valence-corrected chi connectivity index (χ2v) is 6.60. The summed E-state index contributed by atoms with van der Waals surface area (Å²) < 4.78 is 22.5. The van der Waals surface area contributed by atoms with Gasteiger partial charge in [0.05, 0.1) is 5.41 Å². The highest BCUT2D eigenvalue weighted by Gasteiger charge is 2.35. The molecule has 0 atom stereocenters. The molecule has 0 spiro atoms. The number of sulfone groups is 1. The number of hydrogen-bond donors (Lipinski definition) is 2. The third kappa shape index (κ3) is 4.64. The van der Waals surface area contributed by atoms with Crippen LogP contribution in [0.15, 0.2) is 0 Å². The number of hydrogen-bond acceptors (Lipinski definition) is 4. The van der Waals surface area contributed by atoms with Crippen molar-refractivity contribution in [3.63, 3.8) is 0 Å². The van der Waals surface area contributed by atoms with E-state index in [1.54, 1.807) is 13.8 Å². The van der Waals surface area contributed by atoms with Crippen LogP contribution in [0.1, 0.15) is 33.6 Å². The summed E-state index contributed by atoms with van der Waals surface area (Å²) in [7, 11) is -3.38. The highest BCUT2D eigenvalue weighted by atomic mass is 32.2. The summed E-state index contributed by atoms with van der Waals surface area (Å²) in [4.78, 5) is 22.6. The lowest BCUT2D eigenvalue weighted by molar-refractivity contribution is -0.149. The molecule has 0 aliphatic rings. The summed E-state index contributed by atoms with van der Waals surface area (Å²) >= 11 is 0. The Hall–Kier alpha value is -1.11. The Morgan fingerprint density at radius 3 is 2.00 bits per heavy atom. The van der Waals surface area contributed by atoms with Gasteiger partial charge in [0.1, 0.15) is 5.75 Å². The van der Waals surface area contributed by atoms with Crippen molar-refractivity contribution in [2.75, 3.05) is 18.1 Å². The van der Waals surface area contributed by atoms with Gasteiger partial charge in [0, 0.05) is 12.3 Å². The molecule has 0 aliphatic carbocycles. The van der Waals surface area contributed by atoms with Gasteiger partial charge in [0.25, 0.3) is 0 Å². The molecule has 0 aromatic rings. The molecular weight excluding hydrogens is 258 g/mol. The maximum absolute atomic E-state index is 11.4. The van der Waals surface area contributed by atoms with E-state index in [2.05, 4.69) is 5.32 Å². The van der Waals surface area contributed by atoms with E-state index in [9.17, 15) is 18.0 Å². The molecule has 6 nitrogen and oxygen atoms in total. The molecule has 2 N–H and O–H groups in total. The summed E-state index contributed by atoms with van der Waals surface area (Å²) in [6.07, 6.45) is 0.749. The number of rotatable bonds is 8. The molecule has 0 bridgehead atoms. The first-order valence-corrected chi connectivity index (χ1v) is 7.75. The van der Waals surface area contributed by atoms with E-state index in [-0.39, 0.29) is 12.3 Å². The van der Waals surface area contributed by atoms with Gasteiger partial charge < -0.3 is 10.4 Å². The molecule has 0 aliphatic heterocycles. The third-order valence-electron chi connectivity index (χ3n) is 3.22. The molecule has 0 heterocycles. The molecule has 18 heavy (non-hydrogen) atoms. The van der Waals surface area contributed by atoms with Crippen molar-refractivity contribution < 1.29 is 23.1 Å². The number of aliphatic carboxylic acids is 1. The zero-order chi connectivity index (χ0) is 14.4. The Morgan fingerprint density at radius 2 is 1.67 bits per heavy atom. The number of carbonyl (C=O) groups excluding carboxylic acids is 1. The lowest BCUT2D eigenvalue weighted by atomic mass is 9.82. The Kier molecular flexibility index (Phi) is 6.31. The maximum Gasteiger partial charge on any atom is 0.311 e. The van der Waals surface area contributed by atoms with Gasteiger partial charge in [-0.05, 0) is 12.8 Å². The molecule has 0 aromatic carbocycles. The van der Waals surface area contributed by atoms with E-state index < -0.39 is 32.9 Å². The van der Waals surface area contributed by atoms with Crippen molar-refractivity contribution in [3.8, 4) is 0 Å². The van der Waals surface area contributed by atoms with Crippen molar-refractivity contribution in [1.29, 1.82) is 0 Å². The fourth-order valence-electron chi connectivity index (χ4n) is 1.50. The van der Waals surface area contributed by atoms with Crippen LogP contribution in [0.5, 0.6) is 0 Å². The Labute approximate surface area is 108 Å². The Balaban J connectivity index is 4.56. The van der Waals surface area contributed by atoms with Gasteiger partial charge in [-0.2, -0.15) is 0 Å². The zero-order valence-electron chi connectivity index (χ0n) is 11.0. The smallest absolute Gasteiger partial charge is 0.311 e. The first kappa shape index (κ1) is 16.9. The predicted octanol–water partition coefficient (Wildman–Crippen LogP) is 0.428. The summed E-state index contributed by atoms with van der Waals surface area (Å²) in [6, 6.07) is 0. The van der Waals surface area contributed by atoms with E-state index in [1.165, 1.54) is 6.92 Å². The summed E-state index contributed by atoms with van der Waals surface area (Å²) in [6.45, 7) is 4.87. The highest BCUT2D eigenvalue weighted by molar-refractivity contribution is 7.92. The highest BCUT2D eigenvalue weighted by Crippen LogP contribution is 2.25. The molecule has 106 valence electrons. The minimum absolute atomic E-state index is 0.0482. The van der Waals surface area contributed by atoms with Crippen molar-refractivity contribution >= 4 is 21.7 Å². The molecule has 7 heteroatoms. The molecule has 0 saturated heterocycles. The van der Waals surface area contributed by atoms with Crippen LogP contribution in [-0.4, -0.2) is 43.5 Å². The summed E-state index contributed by atoms with van der Waals surface area (Å²) in [5.41, 5.74) is -1.02. The van der Waals surface area contributed by atoms with Crippen molar-refractivity contribution in [2.24, 2.45) is 5.41 Å². The number of amides is 1. The minimum atomic E-state index is -3.38. The Morgan fingerprint density at radius 1 is 1.17 bits per heavy atom. The van der Waals surface area contributed by atoms with Gasteiger partial charge in [-0.1, -0.05) is 20.8 Å². The molecule has 0 saturated carbocycles. The van der Waals surface area contributed by atoms with Crippen LogP contribution in [0.2, 0.25) is 0 Å². The van der Waals surface area contributed by atoms with Crippen LogP contribution in [0.4, 0.5) is 0 Å². The average Bonchev–Trinajstić information content (AvgIpc) is 2.30. The minimum Gasteiger partial charge on any atom is -0.481 e. The topological polar surface area (TPSA) is 101 Å².